The average molecular weight is 384 g/mol. The van der Waals surface area contributed by atoms with Crippen molar-refractivity contribution in [2.75, 3.05) is 19.7 Å². The van der Waals surface area contributed by atoms with Gasteiger partial charge in [-0.1, -0.05) is 12.1 Å². The SMILES string of the molecule is O=C(c1ccc2n[nH]nc2c1)N1CC[C@H](O)[C@@](CO)(Cc2ccc(F)cc2)C1. The van der Waals surface area contributed by atoms with E-state index in [4.69, 9.17) is 0 Å². The molecule has 1 saturated heterocycles. The summed E-state index contributed by atoms with van der Waals surface area (Å²) in [6.45, 7) is 0.317. The third kappa shape index (κ3) is 3.36. The molecule has 3 aromatic rings. The molecule has 2 aromatic carbocycles. The highest BCUT2D eigenvalue weighted by molar-refractivity contribution is 5.97. The molecule has 1 amide bonds. The van der Waals surface area contributed by atoms with Crippen molar-refractivity contribution in [3.63, 3.8) is 0 Å². The Balaban J connectivity index is 1.58. The summed E-state index contributed by atoms with van der Waals surface area (Å²) in [6.07, 6.45) is -0.0545. The van der Waals surface area contributed by atoms with Gasteiger partial charge in [-0.05, 0) is 48.7 Å². The smallest absolute Gasteiger partial charge is 0.253 e. The molecule has 1 aliphatic heterocycles. The fourth-order valence-electron chi connectivity index (χ4n) is 3.87. The molecule has 2 atom stereocenters. The summed E-state index contributed by atoms with van der Waals surface area (Å²) in [5.74, 6) is -0.528. The monoisotopic (exact) mass is 384 g/mol. The van der Waals surface area contributed by atoms with Crippen LogP contribution in [0.5, 0.6) is 0 Å². The van der Waals surface area contributed by atoms with Crippen LogP contribution in [0.3, 0.4) is 0 Å². The summed E-state index contributed by atoms with van der Waals surface area (Å²) in [7, 11) is 0. The number of fused-ring (bicyclic) bond motifs is 1. The lowest BCUT2D eigenvalue weighted by Crippen LogP contribution is -2.56. The molecule has 1 aromatic heterocycles. The fraction of sp³-hybridized carbons (Fsp3) is 0.350. The van der Waals surface area contributed by atoms with Crippen LogP contribution in [0.1, 0.15) is 22.3 Å². The first-order chi connectivity index (χ1) is 13.5. The van der Waals surface area contributed by atoms with E-state index in [1.807, 2.05) is 0 Å². The topological polar surface area (TPSA) is 102 Å². The molecule has 0 radical (unpaired) electrons. The van der Waals surface area contributed by atoms with Crippen molar-refractivity contribution in [2.45, 2.75) is 18.9 Å². The number of aliphatic hydroxyl groups excluding tert-OH is 2. The fourth-order valence-corrected chi connectivity index (χ4v) is 3.87. The Labute approximate surface area is 160 Å². The van der Waals surface area contributed by atoms with Gasteiger partial charge < -0.3 is 15.1 Å². The van der Waals surface area contributed by atoms with E-state index in [9.17, 15) is 19.4 Å². The van der Waals surface area contributed by atoms with Crippen LogP contribution in [-0.2, 0) is 6.42 Å². The normalized spacial score (nSPS) is 22.5. The number of carbonyl (C=O) groups is 1. The number of aromatic amines is 1. The molecule has 7 nitrogen and oxygen atoms in total. The molecular formula is C20H21FN4O3. The molecule has 3 N–H and O–H groups in total. The molecule has 0 aliphatic carbocycles. The van der Waals surface area contributed by atoms with Gasteiger partial charge >= 0.3 is 0 Å². The minimum absolute atomic E-state index is 0.186. The maximum Gasteiger partial charge on any atom is 0.253 e. The zero-order valence-electron chi connectivity index (χ0n) is 15.2. The predicted molar refractivity (Wildman–Crippen MR) is 100 cm³/mol. The quantitative estimate of drug-likeness (QED) is 0.633. The van der Waals surface area contributed by atoms with Gasteiger partial charge in [0.05, 0.1) is 12.7 Å². The largest absolute Gasteiger partial charge is 0.396 e. The highest BCUT2D eigenvalue weighted by Gasteiger charge is 2.43. The number of hydrogen-bond donors (Lipinski definition) is 3. The third-order valence-electron chi connectivity index (χ3n) is 5.52. The maximum atomic E-state index is 13.2. The first-order valence-corrected chi connectivity index (χ1v) is 9.14. The Hall–Kier alpha value is -2.84. The van der Waals surface area contributed by atoms with E-state index in [0.717, 1.165) is 5.56 Å². The molecule has 0 spiro atoms. The van der Waals surface area contributed by atoms with E-state index < -0.39 is 11.5 Å². The summed E-state index contributed by atoms with van der Waals surface area (Å²) in [6, 6.07) is 11.1. The van der Waals surface area contributed by atoms with Crippen LogP contribution in [0.25, 0.3) is 11.0 Å². The second-order valence-electron chi connectivity index (χ2n) is 7.38. The number of aromatic nitrogens is 3. The number of nitrogens with zero attached hydrogens (tertiary/aromatic N) is 3. The molecule has 4 rings (SSSR count). The summed E-state index contributed by atoms with van der Waals surface area (Å²) in [4.78, 5) is 14.7. The number of nitrogens with one attached hydrogen (secondary N) is 1. The van der Waals surface area contributed by atoms with Crippen LogP contribution in [0.4, 0.5) is 4.39 Å². The van der Waals surface area contributed by atoms with E-state index in [2.05, 4.69) is 15.4 Å². The minimum atomic E-state index is -0.899. The van der Waals surface area contributed by atoms with Gasteiger partial charge in [0.25, 0.3) is 5.91 Å². The Morgan fingerprint density at radius 3 is 2.71 bits per heavy atom. The first kappa shape index (κ1) is 18.5. The van der Waals surface area contributed by atoms with Crippen LogP contribution in [0.2, 0.25) is 0 Å². The zero-order chi connectivity index (χ0) is 19.7. The summed E-state index contributed by atoms with van der Waals surface area (Å²) < 4.78 is 13.2. The lowest BCUT2D eigenvalue weighted by molar-refractivity contribution is -0.0668. The van der Waals surface area contributed by atoms with Gasteiger partial charge in [-0.2, -0.15) is 15.4 Å². The van der Waals surface area contributed by atoms with Crippen LogP contribution < -0.4 is 0 Å². The number of halogens is 1. The third-order valence-corrected chi connectivity index (χ3v) is 5.52. The summed E-state index contributed by atoms with van der Waals surface area (Å²) in [5, 5.41) is 31.3. The van der Waals surface area contributed by atoms with Crippen LogP contribution in [-0.4, -0.2) is 62.2 Å². The van der Waals surface area contributed by atoms with Gasteiger partial charge in [0.15, 0.2) is 0 Å². The second kappa shape index (κ2) is 7.29. The lowest BCUT2D eigenvalue weighted by Gasteiger charge is -2.45. The van der Waals surface area contributed by atoms with Crippen LogP contribution >= 0.6 is 0 Å². The Morgan fingerprint density at radius 2 is 1.96 bits per heavy atom. The van der Waals surface area contributed by atoms with Crippen molar-refractivity contribution in [3.05, 3.63) is 59.4 Å². The van der Waals surface area contributed by atoms with E-state index >= 15 is 0 Å². The van der Waals surface area contributed by atoms with Gasteiger partial charge in [0.1, 0.15) is 16.9 Å². The molecule has 8 heteroatoms. The van der Waals surface area contributed by atoms with E-state index in [-0.39, 0.29) is 24.9 Å². The van der Waals surface area contributed by atoms with Gasteiger partial charge in [0.2, 0.25) is 0 Å². The van der Waals surface area contributed by atoms with Crippen molar-refractivity contribution in [1.29, 1.82) is 0 Å². The number of carbonyl (C=O) groups excluding carboxylic acids is 1. The minimum Gasteiger partial charge on any atom is -0.396 e. The van der Waals surface area contributed by atoms with Crippen molar-refractivity contribution in [1.82, 2.24) is 20.3 Å². The Kier molecular flexibility index (Phi) is 4.82. The maximum absolute atomic E-state index is 13.2. The molecule has 0 bridgehead atoms. The van der Waals surface area contributed by atoms with Crippen molar-refractivity contribution in [2.24, 2.45) is 5.41 Å². The molecular weight excluding hydrogens is 363 g/mol. The zero-order valence-corrected chi connectivity index (χ0v) is 15.2. The van der Waals surface area contributed by atoms with Crippen molar-refractivity contribution < 1.29 is 19.4 Å². The standard InChI is InChI=1S/C20H21FN4O3/c21-15-4-1-13(2-5-15)10-20(12-26)11-25(8-7-18(20)27)19(28)14-3-6-16-17(9-14)23-24-22-16/h1-6,9,18,26-27H,7-8,10-12H2,(H,22,23,24)/t18-,20-/m0/s1. The number of benzene rings is 2. The van der Waals surface area contributed by atoms with Gasteiger partial charge in [-0.15, -0.1) is 0 Å². The number of hydrogen-bond acceptors (Lipinski definition) is 5. The van der Waals surface area contributed by atoms with E-state index in [1.54, 1.807) is 35.2 Å². The lowest BCUT2D eigenvalue weighted by atomic mass is 9.73. The molecule has 1 fully saturated rings. The number of amides is 1. The number of H-pyrrole nitrogens is 1. The molecule has 28 heavy (non-hydrogen) atoms. The molecule has 0 saturated carbocycles. The van der Waals surface area contributed by atoms with Gasteiger partial charge in [-0.3, -0.25) is 4.79 Å². The van der Waals surface area contributed by atoms with Gasteiger partial charge in [0, 0.05) is 24.1 Å². The number of rotatable bonds is 4. The summed E-state index contributed by atoms with van der Waals surface area (Å²) in [5.41, 5.74) is 1.65. The van der Waals surface area contributed by atoms with Crippen LogP contribution in [0.15, 0.2) is 42.5 Å². The number of likely N-dealkylation sites (tertiary alicyclic amines) is 1. The average Bonchev–Trinajstić information content (AvgIpc) is 3.18. The predicted octanol–water partition coefficient (Wildman–Crippen LogP) is 1.53. The molecule has 1 aliphatic rings. The molecule has 0 unspecified atom stereocenters. The highest BCUT2D eigenvalue weighted by Crippen LogP contribution is 2.34. The Bertz CT molecular complexity index is 991. The van der Waals surface area contributed by atoms with Crippen molar-refractivity contribution >= 4 is 16.9 Å². The van der Waals surface area contributed by atoms with Crippen molar-refractivity contribution in [3.8, 4) is 0 Å². The van der Waals surface area contributed by atoms with Gasteiger partial charge in [-0.25, -0.2) is 4.39 Å². The van der Waals surface area contributed by atoms with E-state index in [0.29, 0.717) is 36.0 Å². The van der Waals surface area contributed by atoms with E-state index in [1.165, 1.54) is 12.1 Å². The summed E-state index contributed by atoms with van der Waals surface area (Å²) >= 11 is 0. The molecule has 2 heterocycles. The Morgan fingerprint density at radius 1 is 1.21 bits per heavy atom. The molecule has 146 valence electrons. The number of piperidine rings is 1. The van der Waals surface area contributed by atoms with Crippen LogP contribution in [0, 0.1) is 11.2 Å². The highest BCUT2D eigenvalue weighted by atomic mass is 19.1. The first-order valence-electron chi connectivity index (χ1n) is 9.14. The second-order valence-corrected chi connectivity index (χ2v) is 7.38. The number of aliphatic hydroxyl groups is 2.